The van der Waals surface area contributed by atoms with Crippen LogP contribution in [0.15, 0.2) is 42.5 Å². The van der Waals surface area contributed by atoms with Gasteiger partial charge in [-0.2, -0.15) is 0 Å². The van der Waals surface area contributed by atoms with Gasteiger partial charge in [-0.3, -0.25) is 9.59 Å². The summed E-state index contributed by atoms with van der Waals surface area (Å²) in [5.74, 6) is 0.598. The largest absolute Gasteiger partial charge is 0.484 e. The van der Waals surface area contributed by atoms with E-state index in [0.717, 1.165) is 16.7 Å². The Balaban J connectivity index is 2.15. The molecule has 5 nitrogen and oxygen atoms in total. The van der Waals surface area contributed by atoms with Crippen LogP contribution in [0.1, 0.15) is 43.9 Å². The molecule has 174 valence electrons. The number of nitrogens with one attached hydrogen (secondary N) is 1. The summed E-state index contributed by atoms with van der Waals surface area (Å²) in [5, 5.41) is 3.67. The van der Waals surface area contributed by atoms with Crippen molar-refractivity contribution in [3.8, 4) is 5.75 Å². The van der Waals surface area contributed by atoms with Crippen molar-refractivity contribution in [2.45, 2.75) is 53.5 Å². The molecule has 0 aliphatic rings. The number of halogens is 1. The lowest BCUT2D eigenvalue weighted by Gasteiger charge is -2.30. The maximum atomic E-state index is 13.2. The Hall–Kier alpha value is -2.53. The second kappa shape index (κ2) is 12.5. The van der Waals surface area contributed by atoms with Gasteiger partial charge in [0.05, 0.1) is 0 Å². The first kappa shape index (κ1) is 25.7. The number of amides is 2. The minimum absolute atomic E-state index is 0.124. The highest BCUT2D eigenvalue weighted by Crippen LogP contribution is 2.26. The first-order chi connectivity index (χ1) is 15.2. The Labute approximate surface area is 197 Å². The second-order valence-corrected chi connectivity index (χ2v) is 8.92. The number of benzene rings is 2. The summed E-state index contributed by atoms with van der Waals surface area (Å²) in [6, 6.07) is 13.1. The highest BCUT2D eigenvalue weighted by Gasteiger charge is 2.28. The first-order valence-corrected chi connectivity index (χ1v) is 11.6. The SMILES string of the molecule is CC[C@H](C(=O)NCC(C)C)N(CCc1ccccc1)C(=O)COc1cc(C)c(Cl)c(C)c1. The smallest absolute Gasteiger partial charge is 0.261 e. The molecule has 0 aliphatic heterocycles. The minimum Gasteiger partial charge on any atom is -0.484 e. The molecule has 2 aromatic carbocycles. The topological polar surface area (TPSA) is 58.6 Å². The Bertz CT molecular complexity index is 876. The maximum Gasteiger partial charge on any atom is 0.261 e. The molecule has 2 amide bonds. The highest BCUT2D eigenvalue weighted by molar-refractivity contribution is 6.32. The standard InChI is InChI=1S/C26H35ClN2O3/c1-6-23(26(31)28-16-18(2)3)29(13-12-21-10-8-7-9-11-21)24(30)17-32-22-14-19(4)25(27)20(5)15-22/h7-11,14-15,18,23H,6,12-13,16-17H2,1-5H3,(H,28,31)/t23-/m1/s1. The summed E-state index contributed by atoms with van der Waals surface area (Å²) in [5.41, 5.74) is 2.91. The van der Waals surface area contributed by atoms with Crippen LogP contribution in [0, 0.1) is 19.8 Å². The van der Waals surface area contributed by atoms with Gasteiger partial charge in [-0.25, -0.2) is 0 Å². The van der Waals surface area contributed by atoms with E-state index in [1.165, 1.54) is 0 Å². The van der Waals surface area contributed by atoms with E-state index in [-0.39, 0.29) is 18.4 Å². The molecule has 0 unspecified atom stereocenters. The average molecular weight is 459 g/mol. The van der Waals surface area contributed by atoms with Crippen LogP contribution in [0.25, 0.3) is 0 Å². The molecular weight excluding hydrogens is 424 g/mol. The summed E-state index contributed by atoms with van der Waals surface area (Å²) < 4.78 is 5.81. The molecule has 0 bridgehead atoms. The molecule has 1 atom stereocenters. The normalized spacial score (nSPS) is 11.8. The molecule has 32 heavy (non-hydrogen) atoms. The molecule has 0 heterocycles. The van der Waals surface area contributed by atoms with E-state index < -0.39 is 6.04 Å². The Kier molecular flexibility index (Phi) is 10.0. The van der Waals surface area contributed by atoms with Crippen LogP contribution in [0.4, 0.5) is 0 Å². The monoisotopic (exact) mass is 458 g/mol. The number of rotatable bonds is 11. The number of hydrogen-bond acceptors (Lipinski definition) is 3. The number of ether oxygens (including phenoxy) is 1. The zero-order chi connectivity index (χ0) is 23.7. The van der Waals surface area contributed by atoms with Crippen LogP contribution < -0.4 is 10.1 Å². The first-order valence-electron chi connectivity index (χ1n) is 11.2. The third-order valence-corrected chi connectivity index (χ3v) is 5.92. The van der Waals surface area contributed by atoms with Gasteiger partial charge in [0, 0.05) is 18.1 Å². The molecule has 0 spiro atoms. The van der Waals surface area contributed by atoms with Gasteiger partial charge in [-0.1, -0.05) is 62.7 Å². The van der Waals surface area contributed by atoms with Gasteiger partial charge in [-0.05, 0) is 61.4 Å². The van der Waals surface area contributed by atoms with Gasteiger partial charge in [-0.15, -0.1) is 0 Å². The maximum absolute atomic E-state index is 13.2. The number of nitrogens with zero attached hydrogens (tertiary/aromatic N) is 1. The molecule has 0 saturated carbocycles. The molecule has 6 heteroatoms. The molecular formula is C26H35ClN2O3. The van der Waals surface area contributed by atoms with Gasteiger partial charge >= 0.3 is 0 Å². The lowest BCUT2D eigenvalue weighted by Crippen LogP contribution is -2.51. The van der Waals surface area contributed by atoms with E-state index in [9.17, 15) is 9.59 Å². The van der Waals surface area contributed by atoms with Crippen molar-refractivity contribution in [3.05, 3.63) is 64.2 Å². The zero-order valence-corrected chi connectivity index (χ0v) is 20.5. The van der Waals surface area contributed by atoms with E-state index in [1.54, 1.807) is 4.90 Å². The predicted octanol–water partition coefficient (Wildman–Crippen LogP) is 4.96. The average Bonchev–Trinajstić information content (AvgIpc) is 2.77. The molecule has 0 radical (unpaired) electrons. The summed E-state index contributed by atoms with van der Waals surface area (Å²) in [7, 11) is 0. The fourth-order valence-corrected chi connectivity index (χ4v) is 3.65. The van der Waals surface area contributed by atoms with Crippen LogP contribution in [-0.4, -0.2) is 42.5 Å². The van der Waals surface area contributed by atoms with Crippen molar-refractivity contribution >= 4 is 23.4 Å². The number of carbonyl (C=O) groups is 2. The quantitative estimate of drug-likeness (QED) is 0.517. The molecule has 0 fully saturated rings. The van der Waals surface area contributed by atoms with Crippen LogP contribution in [0.5, 0.6) is 5.75 Å². The van der Waals surface area contributed by atoms with Gasteiger partial charge in [0.15, 0.2) is 6.61 Å². The van der Waals surface area contributed by atoms with Gasteiger partial charge < -0.3 is 15.0 Å². The van der Waals surface area contributed by atoms with Crippen molar-refractivity contribution in [2.75, 3.05) is 19.7 Å². The molecule has 2 aromatic rings. The molecule has 0 aromatic heterocycles. The van der Waals surface area contributed by atoms with Gasteiger partial charge in [0.25, 0.3) is 5.91 Å². The van der Waals surface area contributed by atoms with E-state index in [2.05, 4.69) is 5.32 Å². The lowest BCUT2D eigenvalue weighted by molar-refractivity contribution is -0.142. The van der Waals surface area contributed by atoms with Crippen molar-refractivity contribution in [1.82, 2.24) is 10.2 Å². The third kappa shape index (κ3) is 7.56. The summed E-state index contributed by atoms with van der Waals surface area (Å²) in [6.45, 7) is 10.7. The van der Waals surface area contributed by atoms with E-state index in [4.69, 9.17) is 16.3 Å². The molecule has 0 aliphatic carbocycles. The van der Waals surface area contributed by atoms with Crippen molar-refractivity contribution in [1.29, 1.82) is 0 Å². The fourth-order valence-electron chi connectivity index (χ4n) is 3.54. The number of aryl methyl sites for hydroxylation is 2. The summed E-state index contributed by atoms with van der Waals surface area (Å²) in [4.78, 5) is 27.7. The minimum atomic E-state index is -0.540. The molecule has 0 saturated heterocycles. The number of carbonyl (C=O) groups excluding carboxylic acids is 2. The Morgan fingerprint density at radius 3 is 2.28 bits per heavy atom. The van der Waals surface area contributed by atoms with Crippen LogP contribution in [-0.2, 0) is 16.0 Å². The number of hydrogen-bond donors (Lipinski definition) is 1. The van der Waals surface area contributed by atoms with Crippen LogP contribution >= 0.6 is 11.6 Å². The van der Waals surface area contributed by atoms with E-state index in [1.807, 2.05) is 77.1 Å². The third-order valence-electron chi connectivity index (χ3n) is 5.33. The Morgan fingerprint density at radius 2 is 1.72 bits per heavy atom. The van der Waals surface area contributed by atoms with E-state index in [0.29, 0.717) is 42.6 Å². The highest BCUT2D eigenvalue weighted by atomic mass is 35.5. The predicted molar refractivity (Wildman–Crippen MR) is 130 cm³/mol. The van der Waals surface area contributed by atoms with Crippen molar-refractivity contribution in [3.63, 3.8) is 0 Å². The van der Waals surface area contributed by atoms with E-state index >= 15 is 0 Å². The van der Waals surface area contributed by atoms with Crippen molar-refractivity contribution in [2.24, 2.45) is 5.92 Å². The van der Waals surface area contributed by atoms with Crippen LogP contribution in [0.2, 0.25) is 5.02 Å². The lowest BCUT2D eigenvalue weighted by atomic mass is 10.1. The second-order valence-electron chi connectivity index (χ2n) is 8.55. The molecule has 2 rings (SSSR count). The van der Waals surface area contributed by atoms with Crippen molar-refractivity contribution < 1.29 is 14.3 Å². The fraction of sp³-hybridized carbons (Fsp3) is 0.462. The summed E-state index contributed by atoms with van der Waals surface area (Å²) in [6.07, 6.45) is 1.20. The zero-order valence-electron chi connectivity index (χ0n) is 19.8. The van der Waals surface area contributed by atoms with Gasteiger partial charge in [0.2, 0.25) is 5.91 Å². The Morgan fingerprint density at radius 1 is 1.09 bits per heavy atom. The summed E-state index contributed by atoms with van der Waals surface area (Å²) >= 11 is 6.23. The van der Waals surface area contributed by atoms with Gasteiger partial charge in [0.1, 0.15) is 11.8 Å². The van der Waals surface area contributed by atoms with Crippen LogP contribution in [0.3, 0.4) is 0 Å². The molecule has 1 N–H and O–H groups in total.